The van der Waals surface area contributed by atoms with Crippen molar-refractivity contribution in [3.63, 3.8) is 0 Å². The topological polar surface area (TPSA) is 58.4 Å². The molecule has 0 radical (unpaired) electrons. The Labute approximate surface area is 174 Å². The van der Waals surface area contributed by atoms with E-state index in [1.165, 1.54) is 11.3 Å². The largest absolute Gasteiger partial charge is 0.364 e. The zero-order valence-electron chi connectivity index (χ0n) is 16.8. The molecule has 4 aromatic rings. The van der Waals surface area contributed by atoms with E-state index in [0.717, 1.165) is 34.8 Å². The minimum atomic E-state index is -0.0902. The number of carbonyl (C=O) groups excluding carboxylic acids is 1. The van der Waals surface area contributed by atoms with Gasteiger partial charge in [0.25, 0.3) is 5.91 Å². The normalized spacial score (nSPS) is 11.6. The van der Waals surface area contributed by atoms with Gasteiger partial charge in [0.1, 0.15) is 17.2 Å². The lowest BCUT2D eigenvalue weighted by Crippen LogP contribution is -2.30. The van der Waals surface area contributed by atoms with Gasteiger partial charge in [-0.2, -0.15) is 0 Å². The van der Waals surface area contributed by atoms with Crippen molar-refractivity contribution in [2.45, 2.75) is 32.7 Å². The fourth-order valence-electron chi connectivity index (χ4n) is 3.04. The summed E-state index contributed by atoms with van der Waals surface area (Å²) in [6, 6.07) is 17.5. The summed E-state index contributed by atoms with van der Waals surface area (Å²) in [6.45, 7) is 6.53. The Morgan fingerprint density at radius 3 is 2.59 bits per heavy atom. The second-order valence-corrected chi connectivity index (χ2v) is 8.56. The number of nitrogens with one attached hydrogen (secondary N) is 2. The molecule has 5 nitrogen and oxygen atoms in total. The number of benzene rings is 1. The van der Waals surface area contributed by atoms with Gasteiger partial charge in [0.05, 0.1) is 4.88 Å². The van der Waals surface area contributed by atoms with Crippen LogP contribution in [0.2, 0.25) is 0 Å². The smallest absolute Gasteiger partial charge is 0.265 e. The van der Waals surface area contributed by atoms with Gasteiger partial charge in [0, 0.05) is 23.0 Å². The molecule has 0 saturated heterocycles. The standard InChI is InChI=1S/C23H24N4OS/c1-4-23(2,3)26-21-20(25-19-9-5-6-14-27(19)21)16-10-12-17(13-11-16)24-22(28)18-8-7-15-29-18/h5-15,26H,4H2,1-3H3,(H,24,28). The van der Waals surface area contributed by atoms with Crippen LogP contribution in [0.4, 0.5) is 11.5 Å². The minimum absolute atomic E-state index is 0.0603. The van der Waals surface area contributed by atoms with Gasteiger partial charge in [0.15, 0.2) is 0 Å². The number of aromatic nitrogens is 2. The predicted molar refractivity (Wildman–Crippen MR) is 121 cm³/mol. The number of fused-ring (bicyclic) bond motifs is 1. The van der Waals surface area contributed by atoms with Crippen LogP contribution >= 0.6 is 11.3 Å². The summed E-state index contributed by atoms with van der Waals surface area (Å²) in [5, 5.41) is 8.49. The number of thiophene rings is 1. The average Bonchev–Trinajstić information content (AvgIpc) is 3.37. The van der Waals surface area contributed by atoms with Gasteiger partial charge in [-0.3, -0.25) is 9.20 Å². The molecule has 2 N–H and O–H groups in total. The first kappa shape index (κ1) is 19.2. The van der Waals surface area contributed by atoms with Gasteiger partial charge in [-0.1, -0.05) is 31.2 Å². The van der Waals surface area contributed by atoms with Crippen LogP contribution in [-0.2, 0) is 0 Å². The van der Waals surface area contributed by atoms with Gasteiger partial charge in [-0.25, -0.2) is 4.98 Å². The zero-order valence-corrected chi connectivity index (χ0v) is 17.6. The molecular formula is C23H24N4OS. The lowest BCUT2D eigenvalue weighted by molar-refractivity contribution is 0.103. The number of amides is 1. The van der Waals surface area contributed by atoms with Gasteiger partial charge >= 0.3 is 0 Å². The maximum atomic E-state index is 12.3. The molecule has 0 spiro atoms. The molecule has 4 rings (SSSR count). The van der Waals surface area contributed by atoms with Gasteiger partial charge in [0.2, 0.25) is 0 Å². The van der Waals surface area contributed by atoms with Crippen molar-refractivity contribution in [1.82, 2.24) is 9.38 Å². The van der Waals surface area contributed by atoms with Crippen LogP contribution in [0.15, 0.2) is 66.2 Å². The van der Waals surface area contributed by atoms with Crippen LogP contribution in [0.5, 0.6) is 0 Å². The summed E-state index contributed by atoms with van der Waals surface area (Å²) in [5.74, 6) is 0.885. The van der Waals surface area contributed by atoms with E-state index in [1.54, 1.807) is 0 Å². The van der Waals surface area contributed by atoms with Crippen molar-refractivity contribution >= 4 is 34.4 Å². The maximum Gasteiger partial charge on any atom is 0.265 e. The molecule has 0 unspecified atom stereocenters. The van der Waals surface area contributed by atoms with E-state index < -0.39 is 0 Å². The summed E-state index contributed by atoms with van der Waals surface area (Å²) >= 11 is 1.43. The SMILES string of the molecule is CCC(C)(C)Nc1c(-c2ccc(NC(=O)c3cccs3)cc2)nc2ccccn12. The van der Waals surface area contributed by atoms with Crippen LogP contribution in [-0.4, -0.2) is 20.8 Å². The Morgan fingerprint density at radius 2 is 1.90 bits per heavy atom. The Kier molecular flexibility index (Phi) is 5.11. The zero-order chi connectivity index (χ0) is 20.4. The first-order chi connectivity index (χ1) is 14.0. The average molecular weight is 405 g/mol. The van der Waals surface area contributed by atoms with Gasteiger partial charge in [-0.15, -0.1) is 11.3 Å². The Hall–Kier alpha value is -3.12. The lowest BCUT2D eigenvalue weighted by Gasteiger charge is -2.26. The monoisotopic (exact) mass is 404 g/mol. The summed E-state index contributed by atoms with van der Waals surface area (Å²) in [7, 11) is 0. The fraction of sp³-hybridized carbons (Fsp3) is 0.217. The molecule has 6 heteroatoms. The number of pyridine rings is 1. The summed E-state index contributed by atoms with van der Waals surface area (Å²) < 4.78 is 2.08. The van der Waals surface area contributed by atoms with E-state index in [9.17, 15) is 4.79 Å². The number of hydrogen-bond donors (Lipinski definition) is 2. The van der Waals surface area contributed by atoms with Crippen molar-refractivity contribution in [2.24, 2.45) is 0 Å². The van der Waals surface area contributed by atoms with Crippen molar-refractivity contribution in [2.75, 3.05) is 10.6 Å². The van der Waals surface area contributed by atoms with Gasteiger partial charge in [-0.05, 0) is 56.0 Å². The third kappa shape index (κ3) is 4.03. The van der Waals surface area contributed by atoms with Crippen molar-refractivity contribution in [1.29, 1.82) is 0 Å². The molecule has 0 atom stereocenters. The highest BCUT2D eigenvalue weighted by Gasteiger charge is 2.21. The molecule has 148 valence electrons. The molecule has 0 fully saturated rings. The highest BCUT2D eigenvalue weighted by atomic mass is 32.1. The molecule has 0 aliphatic rings. The molecule has 1 aromatic carbocycles. The number of nitrogens with zero attached hydrogens (tertiary/aromatic N) is 2. The van der Waals surface area contributed by atoms with Crippen LogP contribution in [0.1, 0.15) is 36.9 Å². The maximum absolute atomic E-state index is 12.3. The fourth-order valence-corrected chi connectivity index (χ4v) is 3.66. The van der Waals surface area contributed by atoms with Crippen LogP contribution in [0.25, 0.3) is 16.9 Å². The lowest BCUT2D eigenvalue weighted by atomic mass is 10.0. The van der Waals surface area contributed by atoms with E-state index in [-0.39, 0.29) is 11.4 Å². The molecule has 3 aromatic heterocycles. The number of rotatable bonds is 6. The van der Waals surface area contributed by atoms with Gasteiger partial charge < -0.3 is 10.6 Å². The highest BCUT2D eigenvalue weighted by Crippen LogP contribution is 2.32. The second kappa shape index (κ2) is 7.72. The van der Waals surface area contributed by atoms with Crippen molar-refractivity contribution in [3.05, 3.63) is 71.1 Å². The number of hydrogen-bond acceptors (Lipinski definition) is 4. The molecule has 3 heterocycles. The van der Waals surface area contributed by atoms with E-state index >= 15 is 0 Å². The number of carbonyl (C=O) groups is 1. The predicted octanol–water partition coefficient (Wildman–Crippen LogP) is 5.92. The van der Waals surface area contributed by atoms with Crippen molar-refractivity contribution in [3.8, 4) is 11.3 Å². The second-order valence-electron chi connectivity index (χ2n) is 7.61. The summed E-state index contributed by atoms with van der Waals surface area (Å²) in [4.78, 5) is 17.8. The van der Waals surface area contributed by atoms with E-state index in [2.05, 4.69) is 35.8 Å². The Bertz CT molecular complexity index is 1130. The molecular weight excluding hydrogens is 380 g/mol. The van der Waals surface area contributed by atoms with E-state index in [4.69, 9.17) is 4.98 Å². The van der Waals surface area contributed by atoms with Crippen LogP contribution < -0.4 is 10.6 Å². The third-order valence-corrected chi connectivity index (χ3v) is 5.90. The third-order valence-electron chi connectivity index (χ3n) is 5.03. The molecule has 0 aliphatic carbocycles. The summed E-state index contributed by atoms with van der Waals surface area (Å²) in [5.41, 5.74) is 3.49. The molecule has 0 saturated carbocycles. The molecule has 0 aliphatic heterocycles. The van der Waals surface area contributed by atoms with E-state index in [0.29, 0.717) is 4.88 Å². The van der Waals surface area contributed by atoms with E-state index in [1.807, 2.05) is 66.2 Å². The molecule has 0 bridgehead atoms. The quantitative estimate of drug-likeness (QED) is 0.420. The first-order valence-corrected chi connectivity index (χ1v) is 10.6. The molecule has 1 amide bonds. The highest BCUT2D eigenvalue weighted by molar-refractivity contribution is 7.12. The Balaban J connectivity index is 1.66. The Morgan fingerprint density at radius 1 is 1.10 bits per heavy atom. The molecule has 29 heavy (non-hydrogen) atoms. The summed E-state index contributed by atoms with van der Waals surface area (Å²) in [6.07, 6.45) is 3.01. The number of anilines is 2. The first-order valence-electron chi connectivity index (χ1n) is 9.67. The van der Waals surface area contributed by atoms with Crippen LogP contribution in [0, 0.1) is 0 Å². The van der Waals surface area contributed by atoms with Crippen molar-refractivity contribution < 1.29 is 4.79 Å². The number of imidazole rings is 1. The van der Waals surface area contributed by atoms with Crippen LogP contribution in [0.3, 0.4) is 0 Å². The minimum Gasteiger partial charge on any atom is -0.364 e.